The van der Waals surface area contributed by atoms with Gasteiger partial charge in [0.2, 0.25) is 6.20 Å². The van der Waals surface area contributed by atoms with Crippen LogP contribution in [0, 0.1) is 10.1 Å². The van der Waals surface area contributed by atoms with Crippen LogP contribution in [0.15, 0.2) is 24.8 Å². The first-order valence-corrected chi connectivity index (χ1v) is 2.87. The van der Waals surface area contributed by atoms with Gasteiger partial charge in [-0.1, -0.05) is 0 Å². The number of nitrogens with zero attached hydrogens (tertiary/aromatic N) is 3. The van der Waals surface area contributed by atoms with Crippen LogP contribution in [0.2, 0.25) is 0 Å². The average Bonchev–Trinajstić information content (AvgIpc) is 2.03. The molecule has 0 saturated heterocycles. The lowest BCUT2D eigenvalue weighted by Gasteiger charge is -1.85. The molecule has 0 spiro atoms. The zero-order chi connectivity index (χ0) is 8.10. The molecule has 0 atom stereocenters. The fraction of sp³-hybridized carbons (Fsp3) is 0. The second-order valence-corrected chi connectivity index (χ2v) is 1.73. The molecule has 1 aromatic rings. The Labute approximate surface area is 62.6 Å². The number of nitro groups is 1. The molecule has 0 radical (unpaired) electrons. The van der Waals surface area contributed by atoms with Gasteiger partial charge in [0.25, 0.3) is 0 Å². The third kappa shape index (κ3) is 2.53. The quantitative estimate of drug-likeness (QED) is 0.461. The molecule has 0 aliphatic rings. The van der Waals surface area contributed by atoms with E-state index in [4.69, 9.17) is 0 Å². The lowest BCUT2D eigenvalue weighted by Crippen LogP contribution is -1.85. The summed E-state index contributed by atoms with van der Waals surface area (Å²) in [6, 6.07) is 0. The highest BCUT2D eigenvalue weighted by molar-refractivity contribution is 5.40. The van der Waals surface area contributed by atoms with Crippen molar-refractivity contribution in [1.29, 1.82) is 0 Å². The lowest BCUT2D eigenvalue weighted by molar-refractivity contribution is -0.401. The Hall–Kier alpha value is -1.78. The fourth-order valence-corrected chi connectivity index (χ4v) is 0.534. The molecule has 0 unspecified atom stereocenters. The van der Waals surface area contributed by atoms with Crippen molar-refractivity contribution in [1.82, 2.24) is 9.97 Å². The van der Waals surface area contributed by atoms with Gasteiger partial charge in [0, 0.05) is 18.5 Å². The van der Waals surface area contributed by atoms with E-state index in [1.807, 2.05) is 0 Å². The van der Waals surface area contributed by atoms with Crippen LogP contribution in [0.3, 0.4) is 0 Å². The van der Waals surface area contributed by atoms with Gasteiger partial charge in [0.15, 0.2) is 0 Å². The van der Waals surface area contributed by atoms with Gasteiger partial charge in [0.1, 0.15) is 0 Å². The third-order valence-electron chi connectivity index (χ3n) is 0.950. The highest BCUT2D eigenvalue weighted by Gasteiger charge is 1.88. The van der Waals surface area contributed by atoms with E-state index in [-0.39, 0.29) is 0 Å². The van der Waals surface area contributed by atoms with Crippen LogP contribution in [-0.2, 0) is 0 Å². The second-order valence-electron chi connectivity index (χ2n) is 1.73. The summed E-state index contributed by atoms with van der Waals surface area (Å²) < 4.78 is 0. The van der Waals surface area contributed by atoms with E-state index in [2.05, 4.69) is 9.97 Å². The zero-order valence-electron chi connectivity index (χ0n) is 5.54. The summed E-state index contributed by atoms with van der Waals surface area (Å²) in [5.41, 5.74) is 0.476. The Morgan fingerprint density at radius 2 is 2.36 bits per heavy atom. The van der Waals surface area contributed by atoms with E-state index in [1.54, 1.807) is 0 Å². The molecule has 1 aromatic heterocycles. The van der Waals surface area contributed by atoms with Crippen molar-refractivity contribution in [2.24, 2.45) is 0 Å². The summed E-state index contributed by atoms with van der Waals surface area (Å²) in [5.74, 6) is 0. The minimum Gasteiger partial charge on any atom is -0.261 e. The lowest BCUT2D eigenvalue weighted by atomic mass is 10.4. The van der Waals surface area contributed by atoms with Gasteiger partial charge in [-0.2, -0.15) is 0 Å². The molecule has 5 heteroatoms. The zero-order valence-corrected chi connectivity index (χ0v) is 5.54. The van der Waals surface area contributed by atoms with Crippen LogP contribution >= 0.6 is 0 Å². The van der Waals surface area contributed by atoms with Gasteiger partial charge in [0.05, 0.1) is 16.8 Å². The maximum atomic E-state index is 9.84. The van der Waals surface area contributed by atoms with E-state index in [1.165, 1.54) is 24.7 Å². The smallest absolute Gasteiger partial charge is 0.236 e. The third-order valence-corrected chi connectivity index (χ3v) is 0.950. The Morgan fingerprint density at radius 1 is 1.55 bits per heavy atom. The number of aromatic nitrogens is 2. The van der Waals surface area contributed by atoms with Crippen LogP contribution in [0.5, 0.6) is 0 Å². The predicted octanol–water partition coefficient (Wildman–Crippen LogP) is 0.724. The summed E-state index contributed by atoms with van der Waals surface area (Å²) in [6.45, 7) is 0. The molecule has 1 heterocycles. The molecule has 5 nitrogen and oxygen atoms in total. The molecule has 0 amide bonds. The maximum absolute atomic E-state index is 9.84. The van der Waals surface area contributed by atoms with Crippen LogP contribution in [0.4, 0.5) is 0 Å². The molecule has 0 aromatic carbocycles. The molecule has 1 rings (SSSR count). The molecule has 0 aliphatic carbocycles. The van der Waals surface area contributed by atoms with Crippen molar-refractivity contribution < 1.29 is 4.92 Å². The summed E-state index contributed by atoms with van der Waals surface area (Å²) in [7, 11) is 0. The topological polar surface area (TPSA) is 68.9 Å². The van der Waals surface area contributed by atoms with Crippen LogP contribution in [-0.4, -0.2) is 14.9 Å². The van der Waals surface area contributed by atoms with Crippen molar-refractivity contribution in [3.05, 3.63) is 40.6 Å². The molecule has 0 N–H and O–H groups in total. The monoisotopic (exact) mass is 151 g/mol. The molecule has 0 aliphatic heterocycles. The molecule has 0 bridgehead atoms. The first kappa shape index (κ1) is 7.33. The predicted molar refractivity (Wildman–Crippen MR) is 38.1 cm³/mol. The fourth-order valence-electron chi connectivity index (χ4n) is 0.534. The molecule has 11 heavy (non-hydrogen) atoms. The van der Waals surface area contributed by atoms with Crippen molar-refractivity contribution in [3.63, 3.8) is 0 Å². The van der Waals surface area contributed by atoms with Gasteiger partial charge in [-0.3, -0.25) is 20.1 Å². The summed E-state index contributed by atoms with van der Waals surface area (Å²) in [6.07, 6.45) is 6.53. The van der Waals surface area contributed by atoms with Gasteiger partial charge in [-0.15, -0.1) is 0 Å². The van der Waals surface area contributed by atoms with Crippen LogP contribution in [0.25, 0.3) is 6.08 Å². The minimum atomic E-state index is -0.547. The van der Waals surface area contributed by atoms with Gasteiger partial charge in [-0.05, 0) is 0 Å². The number of hydrogen-bond acceptors (Lipinski definition) is 4. The van der Waals surface area contributed by atoms with E-state index < -0.39 is 4.92 Å². The Balaban J connectivity index is 2.72. The van der Waals surface area contributed by atoms with Crippen molar-refractivity contribution >= 4 is 6.08 Å². The standard InChI is InChI=1S/C6H5N3O2/c10-9(11)4-1-6-5-7-2-3-8-6/h1-5H/b4-1+. The molecule has 56 valence electrons. The molecule has 0 saturated carbocycles. The highest BCUT2D eigenvalue weighted by atomic mass is 16.6. The van der Waals surface area contributed by atoms with E-state index >= 15 is 0 Å². The van der Waals surface area contributed by atoms with E-state index in [0.717, 1.165) is 6.20 Å². The second kappa shape index (κ2) is 3.40. The first-order valence-electron chi connectivity index (χ1n) is 2.87. The van der Waals surface area contributed by atoms with Crippen molar-refractivity contribution in [3.8, 4) is 0 Å². The van der Waals surface area contributed by atoms with Crippen molar-refractivity contribution in [2.45, 2.75) is 0 Å². The SMILES string of the molecule is O=[N+]([O-])/C=C/c1cnccn1. The van der Waals surface area contributed by atoms with Crippen LogP contribution in [0.1, 0.15) is 5.69 Å². The first-order chi connectivity index (χ1) is 5.29. The Morgan fingerprint density at radius 3 is 2.91 bits per heavy atom. The number of rotatable bonds is 2. The molecular formula is C6H5N3O2. The number of hydrogen-bond donors (Lipinski definition) is 0. The van der Waals surface area contributed by atoms with Gasteiger partial charge >= 0.3 is 0 Å². The van der Waals surface area contributed by atoms with Crippen molar-refractivity contribution in [2.75, 3.05) is 0 Å². The highest BCUT2D eigenvalue weighted by Crippen LogP contribution is 1.92. The van der Waals surface area contributed by atoms with Gasteiger partial charge in [-0.25, -0.2) is 0 Å². The summed E-state index contributed by atoms with van der Waals surface area (Å²) in [5, 5.41) is 9.84. The average molecular weight is 151 g/mol. The largest absolute Gasteiger partial charge is 0.261 e. The normalized spacial score (nSPS) is 10.2. The Kier molecular flexibility index (Phi) is 2.27. The molecular weight excluding hydrogens is 146 g/mol. The summed E-state index contributed by atoms with van der Waals surface area (Å²) >= 11 is 0. The molecule has 0 fully saturated rings. The maximum Gasteiger partial charge on any atom is 0.236 e. The van der Waals surface area contributed by atoms with E-state index in [0.29, 0.717) is 5.69 Å². The Bertz CT molecular complexity index is 270. The van der Waals surface area contributed by atoms with Crippen LogP contribution < -0.4 is 0 Å². The summed E-state index contributed by atoms with van der Waals surface area (Å²) in [4.78, 5) is 16.8. The minimum absolute atomic E-state index is 0.476. The van der Waals surface area contributed by atoms with E-state index in [9.17, 15) is 10.1 Å². The van der Waals surface area contributed by atoms with Gasteiger partial charge < -0.3 is 0 Å².